The second-order valence-corrected chi connectivity index (χ2v) is 8.71. The molecule has 2 N–H and O–H groups in total. The minimum atomic E-state index is 0.619. The summed E-state index contributed by atoms with van der Waals surface area (Å²) in [5.41, 5.74) is 11.7. The molecule has 0 spiro atoms. The smallest absolute Gasteiger partial charge is 0.0286 e. The van der Waals surface area contributed by atoms with Gasteiger partial charge in [0.2, 0.25) is 0 Å². The molecule has 0 amide bonds. The quantitative estimate of drug-likeness (QED) is 0.876. The van der Waals surface area contributed by atoms with E-state index >= 15 is 0 Å². The Morgan fingerprint density at radius 3 is 2.22 bits per heavy atom. The highest BCUT2D eigenvalue weighted by atomic mass is 15.4. The van der Waals surface area contributed by atoms with E-state index in [1.54, 1.807) is 11.1 Å². The summed E-state index contributed by atoms with van der Waals surface area (Å²) >= 11 is 0. The summed E-state index contributed by atoms with van der Waals surface area (Å²) in [5.74, 6) is 1.51. The van der Waals surface area contributed by atoms with Gasteiger partial charge in [0.05, 0.1) is 0 Å². The summed E-state index contributed by atoms with van der Waals surface area (Å²) in [7, 11) is 0. The molecule has 2 fully saturated rings. The zero-order valence-electron chi connectivity index (χ0n) is 16.1. The fourth-order valence-electron chi connectivity index (χ4n) is 5.61. The minimum Gasteiger partial charge on any atom is -0.300 e. The number of hydrogen-bond acceptors (Lipinski definition) is 3. The van der Waals surface area contributed by atoms with Crippen LogP contribution in [-0.2, 0) is 19.3 Å². The molecule has 142 valence electrons. The molecular formula is C24H31N3. The number of likely N-dealkylation sites (tertiary alicyclic amines) is 1. The number of rotatable bonds is 4. The molecule has 3 heteroatoms. The zero-order chi connectivity index (χ0) is 18.1. The van der Waals surface area contributed by atoms with Gasteiger partial charge >= 0.3 is 0 Å². The molecule has 0 bridgehead atoms. The highest BCUT2D eigenvalue weighted by Crippen LogP contribution is 2.32. The van der Waals surface area contributed by atoms with Crippen molar-refractivity contribution in [2.45, 2.75) is 44.2 Å². The van der Waals surface area contributed by atoms with Crippen molar-refractivity contribution in [3.63, 3.8) is 0 Å². The third-order valence-electron chi connectivity index (χ3n) is 7.11. The molecule has 0 radical (unpaired) electrons. The number of hydrazine groups is 1. The predicted octanol–water partition coefficient (Wildman–Crippen LogP) is 3.20. The minimum absolute atomic E-state index is 0.619. The molecule has 27 heavy (non-hydrogen) atoms. The molecule has 2 saturated heterocycles. The highest BCUT2D eigenvalue weighted by Gasteiger charge is 2.37. The first-order chi connectivity index (χ1) is 13.4. The molecule has 3 aliphatic rings. The molecule has 2 aromatic carbocycles. The molecule has 2 aromatic rings. The van der Waals surface area contributed by atoms with Gasteiger partial charge in [-0.05, 0) is 73.7 Å². The molecule has 1 aliphatic carbocycles. The normalized spacial score (nSPS) is 27.1. The largest absolute Gasteiger partial charge is 0.300 e. The summed E-state index contributed by atoms with van der Waals surface area (Å²) in [5, 5.41) is 0. The van der Waals surface area contributed by atoms with E-state index in [1.807, 2.05) is 0 Å². The first kappa shape index (κ1) is 17.4. The highest BCUT2D eigenvalue weighted by molar-refractivity contribution is 5.33. The Morgan fingerprint density at radius 1 is 0.852 bits per heavy atom. The van der Waals surface area contributed by atoms with E-state index in [0.29, 0.717) is 12.0 Å². The topological polar surface area (TPSA) is 27.3 Å². The van der Waals surface area contributed by atoms with Crippen LogP contribution in [0.5, 0.6) is 0 Å². The fourth-order valence-corrected chi connectivity index (χ4v) is 5.61. The van der Waals surface area contributed by atoms with E-state index in [9.17, 15) is 0 Å². The lowest BCUT2D eigenvalue weighted by atomic mass is 9.80. The summed E-state index contributed by atoms with van der Waals surface area (Å²) in [6.45, 7) is 3.62. The van der Waals surface area contributed by atoms with Crippen molar-refractivity contribution in [2.24, 2.45) is 11.8 Å². The maximum atomic E-state index is 3.63. The van der Waals surface area contributed by atoms with Crippen LogP contribution in [0.1, 0.15) is 29.5 Å². The Balaban J connectivity index is 1.17. The third-order valence-corrected chi connectivity index (χ3v) is 7.11. The first-order valence-electron chi connectivity index (χ1n) is 10.7. The summed E-state index contributed by atoms with van der Waals surface area (Å²) < 4.78 is 0. The number of nitrogens with zero attached hydrogens (tertiary/aromatic N) is 1. The van der Waals surface area contributed by atoms with Crippen LogP contribution in [-0.4, -0.2) is 36.6 Å². The fraction of sp³-hybridized carbons (Fsp3) is 0.500. The van der Waals surface area contributed by atoms with Crippen molar-refractivity contribution in [1.82, 2.24) is 15.8 Å². The number of fused-ring (bicyclic) bond motifs is 1. The molecule has 0 saturated carbocycles. The SMILES string of the molecule is c1ccc(CC2CNNC2C2CCN(C3Cc4ccccc4C3)CC2)cc1. The van der Waals surface area contributed by atoms with Crippen molar-refractivity contribution in [2.75, 3.05) is 19.6 Å². The predicted molar refractivity (Wildman–Crippen MR) is 110 cm³/mol. The summed E-state index contributed by atoms with van der Waals surface area (Å²) in [6.07, 6.45) is 6.35. The van der Waals surface area contributed by atoms with Gasteiger partial charge in [0.15, 0.2) is 0 Å². The van der Waals surface area contributed by atoms with Gasteiger partial charge in [0.1, 0.15) is 0 Å². The maximum Gasteiger partial charge on any atom is 0.0286 e. The van der Waals surface area contributed by atoms with Crippen molar-refractivity contribution < 1.29 is 0 Å². The maximum absolute atomic E-state index is 3.63. The van der Waals surface area contributed by atoms with E-state index in [-0.39, 0.29) is 0 Å². The van der Waals surface area contributed by atoms with Crippen molar-refractivity contribution in [1.29, 1.82) is 0 Å². The van der Waals surface area contributed by atoms with Crippen LogP contribution in [0.4, 0.5) is 0 Å². The van der Waals surface area contributed by atoms with Gasteiger partial charge in [-0.2, -0.15) is 0 Å². The molecule has 2 unspecified atom stereocenters. The van der Waals surface area contributed by atoms with E-state index in [1.165, 1.54) is 50.8 Å². The molecule has 2 heterocycles. The number of benzene rings is 2. The zero-order valence-corrected chi connectivity index (χ0v) is 16.1. The van der Waals surface area contributed by atoms with Gasteiger partial charge in [-0.25, -0.2) is 0 Å². The summed E-state index contributed by atoms with van der Waals surface area (Å²) in [4.78, 5) is 2.77. The molecule has 2 atom stereocenters. The third kappa shape index (κ3) is 3.69. The van der Waals surface area contributed by atoms with Gasteiger partial charge < -0.3 is 0 Å². The first-order valence-corrected chi connectivity index (χ1v) is 10.7. The second-order valence-electron chi connectivity index (χ2n) is 8.71. The summed E-state index contributed by atoms with van der Waals surface area (Å²) in [6, 6.07) is 21.4. The molecule has 2 aliphatic heterocycles. The van der Waals surface area contributed by atoms with Crippen LogP contribution in [0.2, 0.25) is 0 Å². The van der Waals surface area contributed by atoms with Crippen LogP contribution >= 0.6 is 0 Å². The van der Waals surface area contributed by atoms with Gasteiger partial charge in [-0.15, -0.1) is 0 Å². The van der Waals surface area contributed by atoms with Crippen LogP contribution in [0.25, 0.3) is 0 Å². The van der Waals surface area contributed by atoms with Crippen molar-refractivity contribution >= 4 is 0 Å². The Bertz CT molecular complexity index is 726. The lowest BCUT2D eigenvalue weighted by molar-refractivity contribution is 0.113. The number of nitrogens with one attached hydrogen (secondary N) is 2. The Kier molecular flexibility index (Phi) is 5.00. The van der Waals surface area contributed by atoms with Crippen molar-refractivity contribution in [3.05, 3.63) is 71.3 Å². The van der Waals surface area contributed by atoms with Gasteiger partial charge in [0, 0.05) is 18.6 Å². The average molecular weight is 362 g/mol. The van der Waals surface area contributed by atoms with Gasteiger partial charge in [0.25, 0.3) is 0 Å². The Labute approximate surface area is 163 Å². The van der Waals surface area contributed by atoms with Crippen LogP contribution in [0, 0.1) is 11.8 Å². The van der Waals surface area contributed by atoms with E-state index in [4.69, 9.17) is 0 Å². The second kappa shape index (κ2) is 7.75. The van der Waals surface area contributed by atoms with E-state index < -0.39 is 0 Å². The Morgan fingerprint density at radius 2 is 1.52 bits per heavy atom. The van der Waals surface area contributed by atoms with Crippen LogP contribution in [0.15, 0.2) is 54.6 Å². The standard InChI is InChI=1S/C24H31N3/c1-2-6-18(7-3-1)14-22-17-25-26-24(22)19-10-12-27(13-11-19)23-15-20-8-4-5-9-21(20)16-23/h1-9,19,22-26H,10-17H2. The number of piperidine rings is 1. The lowest BCUT2D eigenvalue weighted by Crippen LogP contribution is -2.47. The number of hydrogen-bond donors (Lipinski definition) is 2. The van der Waals surface area contributed by atoms with Crippen LogP contribution in [0.3, 0.4) is 0 Å². The molecular weight excluding hydrogens is 330 g/mol. The van der Waals surface area contributed by atoms with E-state index in [0.717, 1.165) is 18.5 Å². The van der Waals surface area contributed by atoms with Crippen molar-refractivity contribution in [3.8, 4) is 0 Å². The average Bonchev–Trinajstić information content (AvgIpc) is 3.36. The van der Waals surface area contributed by atoms with E-state index in [2.05, 4.69) is 70.3 Å². The molecule has 3 nitrogen and oxygen atoms in total. The lowest BCUT2D eigenvalue weighted by Gasteiger charge is -2.39. The monoisotopic (exact) mass is 361 g/mol. The molecule has 5 rings (SSSR count). The van der Waals surface area contributed by atoms with Crippen LogP contribution < -0.4 is 10.9 Å². The Hall–Kier alpha value is -1.68. The molecule has 0 aromatic heterocycles. The van der Waals surface area contributed by atoms with Gasteiger partial charge in [-0.1, -0.05) is 54.6 Å². The van der Waals surface area contributed by atoms with Gasteiger partial charge in [-0.3, -0.25) is 15.8 Å².